The fourth-order valence-corrected chi connectivity index (χ4v) is 4.03. The molecule has 0 fully saturated rings. The summed E-state index contributed by atoms with van der Waals surface area (Å²) in [5, 5.41) is 2.93. The number of nitrogens with zero attached hydrogens (tertiary/aromatic N) is 1. The van der Waals surface area contributed by atoms with E-state index in [2.05, 4.69) is 5.32 Å². The number of thiophene rings is 1. The standard InChI is InChI=1S/C17H20N2O3S/c1-19(2)17(21)15-9-12-8-11(5-6-14(12)23-15)16(20)18-10-13-4-3-7-22-13/h3-4,7,9,11H,5-6,8,10H2,1-2H3,(H,18,20)/t11-/m0/s1. The van der Waals surface area contributed by atoms with Gasteiger partial charge in [-0.05, 0) is 43.0 Å². The highest BCUT2D eigenvalue weighted by atomic mass is 32.1. The number of nitrogens with one attached hydrogen (secondary N) is 1. The summed E-state index contributed by atoms with van der Waals surface area (Å²) in [6.45, 7) is 0.420. The van der Waals surface area contributed by atoms with E-state index in [-0.39, 0.29) is 17.7 Å². The fourth-order valence-electron chi connectivity index (χ4n) is 2.80. The minimum Gasteiger partial charge on any atom is -0.467 e. The van der Waals surface area contributed by atoms with Crippen LogP contribution in [0.4, 0.5) is 0 Å². The van der Waals surface area contributed by atoms with Gasteiger partial charge in [0.05, 0.1) is 17.7 Å². The number of hydrogen-bond donors (Lipinski definition) is 1. The summed E-state index contributed by atoms with van der Waals surface area (Å²) in [6.07, 6.45) is 3.99. The molecule has 1 atom stereocenters. The number of amides is 2. The highest BCUT2D eigenvalue weighted by Crippen LogP contribution is 2.33. The average Bonchev–Trinajstić information content (AvgIpc) is 3.19. The van der Waals surface area contributed by atoms with Gasteiger partial charge in [-0.25, -0.2) is 0 Å². The predicted octanol–water partition coefficient (Wildman–Crippen LogP) is 2.46. The Labute approximate surface area is 139 Å². The van der Waals surface area contributed by atoms with Crippen molar-refractivity contribution in [2.75, 3.05) is 14.1 Å². The molecular weight excluding hydrogens is 312 g/mol. The third kappa shape index (κ3) is 3.47. The number of carbonyl (C=O) groups excluding carboxylic acids is 2. The van der Waals surface area contributed by atoms with Crippen molar-refractivity contribution in [3.8, 4) is 0 Å². The molecule has 0 bridgehead atoms. The van der Waals surface area contributed by atoms with Crippen LogP contribution in [0, 0.1) is 5.92 Å². The third-order valence-corrected chi connectivity index (χ3v) is 5.31. The van der Waals surface area contributed by atoms with E-state index in [1.54, 1.807) is 36.6 Å². The molecule has 122 valence electrons. The number of carbonyl (C=O) groups is 2. The van der Waals surface area contributed by atoms with Crippen LogP contribution in [-0.4, -0.2) is 30.8 Å². The lowest BCUT2D eigenvalue weighted by Gasteiger charge is -2.21. The zero-order valence-corrected chi connectivity index (χ0v) is 14.1. The average molecular weight is 332 g/mol. The molecule has 2 heterocycles. The Morgan fingerprint density at radius 2 is 2.26 bits per heavy atom. The van der Waals surface area contributed by atoms with Gasteiger partial charge in [0, 0.05) is 24.9 Å². The molecular formula is C17H20N2O3S. The van der Waals surface area contributed by atoms with Gasteiger partial charge in [-0.3, -0.25) is 9.59 Å². The van der Waals surface area contributed by atoms with E-state index in [1.807, 2.05) is 18.2 Å². The smallest absolute Gasteiger partial charge is 0.263 e. The lowest BCUT2D eigenvalue weighted by atomic mass is 9.87. The third-order valence-electron chi connectivity index (χ3n) is 4.09. The van der Waals surface area contributed by atoms with Crippen molar-refractivity contribution in [2.24, 2.45) is 5.92 Å². The lowest BCUT2D eigenvalue weighted by molar-refractivity contribution is -0.125. The largest absolute Gasteiger partial charge is 0.467 e. The second-order valence-electron chi connectivity index (χ2n) is 6.00. The van der Waals surface area contributed by atoms with E-state index >= 15 is 0 Å². The number of hydrogen-bond acceptors (Lipinski definition) is 4. The Kier molecular flexibility index (Phi) is 4.52. The molecule has 3 rings (SSSR count). The van der Waals surface area contributed by atoms with Crippen LogP contribution in [-0.2, 0) is 24.2 Å². The fraction of sp³-hybridized carbons (Fsp3) is 0.412. The van der Waals surface area contributed by atoms with Crippen molar-refractivity contribution in [2.45, 2.75) is 25.8 Å². The molecule has 1 aliphatic carbocycles. The maximum absolute atomic E-state index is 12.3. The van der Waals surface area contributed by atoms with Crippen LogP contribution in [0.25, 0.3) is 0 Å². The number of furan rings is 1. The van der Waals surface area contributed by atoms with Gasteiger partial charge in [0.2, 0.25) is 5.91 Å². The summed E-state index contributed by atoms with van der Waals surface area (Å²) in [4.78, 5) is 28.0. The van der Waals surface area contributed by atoms with Crippen molar-refractivity contribution >= 4 is 23.2 Å². The first-order chi connectivity index (χ1) is 11.0. The molecule has 23 heavy (non-hydrogen) atoms. The van der Waals surface area contributed by atoms with Gasteiger partial charge in [0.15, 0.2) is 0 Å². The van der Waals surface area contributed by atoms with Gasteiger partial charge < -0.3 is 14.6 Å². The van der Waals surface area contributed by atoms with E-state index in [0.717, 1.165) is 29.0 Å². The normalized spacial score (nSPS) is 16.7. The van der Waals surface area contributed by atoms with Crippen LogP contribution in [0.5, 0.6) is 0 Å². The molecule has 0 spiro atoms. The summed E-state index contributed by atoms with van der Waals surface area (Å²) in [7, 11) is 3.51. The first-order valence-corrected chi connectivity index (χ1v) is 8.49. The van der Waals surface area contributed by atoms with Crippen molar-refractivity contribution in [1.82, 2.24) is 10.2 Å². The Bertz CT molecular complexity index is 704. The van der Waals surface area contributed by atoms with Crippen LogP contribution < -0.4 is 5.32 Å². The van der Waals surface area contributed by atoms with Crippen LogP contribution in [0.2, 0.25) is 0 Å². The molecule has 6 heteroatoms. The van der Waals surface area contributed by atoms with Gasteiger partial charge in [-0.1, -0.05) is 0 Å². The molecule has 0 unspecified atom stereocenters. The van der Waals surface area contributed by atoms with Crippen LogP contribution in [0.15, 0.2) is 28.9 Å². The van der Waals surface area contributed by atoms with Gasteiger partial charge >= 0.3 is 0 Å². The molecule has 0 saturated heterocycles. The van der Waals surface area contributed by atoms with E-state index in [0.29, 0.717) is 13.0 Å². The Balaban J connectivity index is 1.63. The topological polar surface area (TPSA) is 62.6 Å². The molecule has 1 N–H and O–H groups in total. The first kappa shape index (κ1) is 15.8. The van der Waals surface area contributed by atoms with Crippen molar-refractivity contribution in [3.05, 3.63) is 45.5 Å². The highest BCUT2D eigenvalue weighted by molar-refractivity contribution is 7.14. The summed E-state index contributed by atoms with van der Waals surface area (Å²) < 4.78 is 5.22. The summed E-state index contributed by atoms with van der Waals surface area (Å²) in [6, 6.07) is 5.61. The summed E-state index contributed by atoms with van der Waals surface area (Å²) in [5.74, 6) is 0.806. The van der Waals surface area contributed by atoms with E-state index in [4.69, 9.17) is 4.42 Å². The molecule has 2 aromatic rings. The second kappa shape index (κ2) is 6.58. The number of rotatable bonds is 4. The van der Waals surface area contributed by atoms with E-state index < -0.39 is 0 Å². The van der Waals surface area contributed by atoms with Crippen molar-refractivity contribution < 1.29 is 14.0 Å². The molecule has 5 nitrogen and oxygen atoms in total. The predicted molar refractivity (Wildman–Crippen MR) is 88.4 cm³/mol. The second-order valence-corrected chi connectivity index (χ2v) is 7.13. The zero-order chi connectivity index (χ0) is 16.4. The highest BCUT2D eigenvalue weighted by Gasteiger charge is 2.27. The van der Waals surface area contributed by atoms with Crippen LogP contribution in [0.1, 0.15) is 32.3 Å². The maximum atomic E-state index is 12.3. The SMILES string of the molecule is CN(C)C(=O)c1cc2c(s1)CC[C@H](C(=O)NCc1ccco1)C2. The minimum absolute atomic E-state index is 0.0308. The van der Waals surface area contributed by atoms with Crippen LogP contribution in [0.3, 0.4) is 0 Å². The van der Waals surface area contributed by atoms with E-state index in [1.165, 1.54) is 4.88 Å². The molecule has 1 aliphatic rings. The van der Waals surface area contributed by atoms with Gasteiger partial charge in [0.1, 0.15) is 5.76 Å². The van der Waals surface area contributed by atoms with Crippen LogP contribution >= 0.6 is 11.3 Å². The quantitative estimate of drug-likeness (QED) is 0.935. The zero-order valence-electron chi connectivity index (χ0n) is 13.3. The maximum Gasteiger partial charge on any atom is 0.263 e. The lowest BCUT2D eigenvalue weighted by Crippen LogP contribution is -2.33. The molecule has 2 aromatic heterocycles. The van der Waals surface area contributed by atoms with Gasteiger partial charge in [0.25, 0.3) is 5.91 Å². The van der Waals surface area contributed by atoms with Crippen molar-refractivity contribution in [3.63, 3.8) is 0 Å². The Morgan fingerprint density at radius 3 is 2.96 bits per heavy atom. The Hall–Kier alpha value is -2.08. The summed E-state index contributed by atoms with van der Waals surface area (Å²) in [5.41, 5.74) is 1.14. The number of fused-ring (bicyclic) bond motifs is 1. The minimum atomic E-state index is -0.0330. The molecule has 2 amide bonds. The molecule has 0 radical (unpaired) electrons. The van der Waals surface area contributed by atoms with Gasteiger partial charge in [-0.2, -0.15) is 0 Å². The van der Waals surface area contributed by atoms with Gasteiger partial charge in [-0.15, -0.1) is 11.3 Å². The number of aryl methyl sites for hydroxylation is 1. The molecule has 0 aromatic carbocycles. The molecule has 0 saturated carbocycles. The van der Waals surface area contributed by atoms with Crippen molar-refractivity contribution in [1.29, 1.82) is 0 Å². The Morgan fingerprint density at radius 1 is 1.43 bits per heavy atom. The molecule has 0 aliphatic heterocycles. The monoisotopic (exact) mass is 332 g/mol. The van der Waals surface area contributed by atoms with E-state index in [9.17, 15) is 9.59 Å². The first-order valence-electron chi connectivity index (χ1n) is 7.68. The summed E-state index contributed by atoms with van der Waals surface area (Å²) >= 11 is 1.56.